The van der Waals surface area contributed by atoms with Gasteiger partial charge in [-0.15, -0.1) is 0 Å². The molecule has 0 fully saturated rings. The summed E-state index contributed by atoms with van der Waals surface area (Å²) in [5.74, 6) is -0.977. The van der Waals surface area contributed by atoms with Crippen molar-refractivity contribution in [2.45, 2.75) is 32.7 Å². The average molecular weight is 228 g/mol. The normalized spacial score (nSPS) is 11.7. The van der Waals surface area contributed by atoms with E-state index in [1.807, 2.05) is 20.8 Å². The molecule has 0 aliphatic carbocycles. The Morgan fingerprint density at radius 3 is 2.44 bits per heavy atom. The summed E-state index contributed by atoms with van der Waals surface area (Å²) in [7, 11) is 0. The van der Waals surface area contributed by atoms with Crippen molar-refractivity contribution in [3.8, 4) is 0 Å². The molecular weight excluding hydrogens is 208 g/mol. The summed E-state index contributed by atoms with van der Waals surface area (Å²) in [4.78, 5) is 21.5. The zero-order valence-corrected chi connectivity index (χ0v) is 10.0. The molecule has 92 valence electrons. The van der Waals surface area contributed by atoms with Gasteiger partial charge in [-0.25, -0.2) is 4.79 Å². The highest BCUT2D eigenvalue weighted by Crippen LogP contribution is 1.98. The van der Waals surface area contributed by atoms with Gasteiger partial charge in [0.25, 0.3) is 0 Å². The lowest BCUT2D eigenvalue weighted by atomic mass is 10.1. The van der Waals surface area contributed by atoms with Crippen molar-refractivity contribution in [1.29, 1.82) is 0 Å². The molecule has 3 N–H and O–H groups in total. The summed E-state index contributed by atoms with van der Waals surface area (Å²) in [6.07, 6.45) is 2.96. The number of nitrogens with one attached hydrogen (secondary N) is 2. The van der Waals surface area contributed by atoms with Crippen LogP contribution in [0.1, 0.15) is 27.2 Å². The largest absolute Gasteiger partial charge is 0.478 e. The lowest BCUT2D eigenvalue weighted by Gasteiger charge is -2.20. The molecule has 16 heavy (non-hydrogen) atoms. The van der Waals surface area contributed by atoms with Crippen LogP contribution in [0, 0.1) is 0 Å². The molecule has 0 aromatic heterocycles. The molecule has 0 aliphatic rings. The van der Waals surface area contributed by atoms with Crippen LogP contribution in [0.2, 0.25) is 0 Å². The van der Waals surface area contributed by atoms with Crippen LogP contribution in [-0.4, -0.2) is 35.6 Å². The first kappa shape index (κ1) is 14.6. The molecule has 0 saturated heterocycles. The van der Waals surface area contributed by atoms with E-state index in [0.29, 0.717) is 19.5 Å². The molecule has 1 amide bonds. The fraction of sp³-hybridized carbons (Fsp3) is 0.636. The number of hydrogen-bond acceptors (Lipinski definition) is 3. The van der Waals surface area contributed by atoms with Crippen molar-refractivity contribution in [3.05, 3.63) is 12.2 Å². The Labute approximate surface area is 95.9 Å². The molecule has 0 heterocycles. The quantitative estimate of drug-likeness (QED) is 0.457. The van der Waals surface area contributed by atoms with Gasteiger partial charge in [-0.2, -0.15) is 0 Å². The van der Waals surface area contributed by atoms with E-state index in [2.05, 4.69) is 10.6 Å². The maximum Gasteiger partial charge on any atom is 0.328 e. The number of carboxylic acids is 1. The van der Waals surface area contributed by atoms with Crippen molar-refractivity contribution in [1.82, 2.24) is 10.6 Å². The summed E-state index contributed by atoms with van der Waals surface area (Å²) < 4.78 is 0. The van der Waals surface area contributed by atoms with Gasteiger partial charge in [0.05, 0.1) is 0 Å². The second kappa shape index (κ2) is 7.00. The fourth-order valence-electron chi connectivity index (χ4n) is 1.03. The number of carbonyl (C=O) groups excluding carboxylic acids is 1. The van der Waals surface area contributed by atoms with E-state index in [-0.39, 0.29) is 11.4 Å². The first-order chi connectivity index (χ1) is 7.31. The van der Waals surface area contributed by atoms with E-state index in [0.717, 1.165) is 6.08 Å². The Bertz CT molecular complexity index is 267. The molecule has 5 nitrogen and oxygen atoms in total. The van der Waals surface area contributed by atoms with E-state index >= 15 is 0 Å². The number of aliphatic carboxylic acids is 1. The molecule has 0 bridgehead atoms. The van der Waals surface area contributed by atoms with Gasteiger partial charge in [0.15, 0.2) is 0 Å². The van der Waals surface area contributed by atoms with Gasteiger partial charge in [0.2, 0.25) is 5.91 Å². The van der Waals surface area contributed by atoms with Crippen LogP contribution < -0.4 is 10.6 Å². The minimum Gasteiger partial charge on any atom is -0.478 e. The zero-order valence-electron chi connectivity index (χ0n) is 10.0. The number of hydrogen-bond donors (Lipinski definition) is 3. The highest BCUT2D eigenvalue weighted by Gasteiger charge is 2.12. The van der Waals surface area contributed by atoms with Crippen LogP contribution in [-0.2, 0) is 9.59 Å². The predicted molar refractivity (Wildman–Crippen MR) is 62.2 cm³/mol. The van der Waals surface area contributed by atoms with Crippen molar-refractivity contribution in [2.24, 2.45) is 0 Å². The maximum atomic E-state index is 11.3. The van der Waals surface area contributed by atoms with Crippen molar-refractivity contribution in [2.75, 3.05) is 13.1 Å². The summed E-state index contributed by atoms with van der Waals surface area (Å²) in [6, 6.07) is 0. The molecule has 0 rings (SSSR count). The van der Waals surface area contributed by atoms with Gasteiger partial charge < -0.3 is 15.7 Å². The lowest BCUT2D eigenvalue weighted by molar-refractivity contribution is -0.131. The van der Waals surface area contributed by atoms with E-state index < -0.39 is 5.97 Å². The number of rotatable bonds is 6. The first-order valence-electron chi connectivity index (χ1n) is 5.22. The maximum absolute atomic E-state index is 11.3. The second-order valence-electron chi connectivity index (χ2n) is 4.49. The molecule has 0 aromatic carbocycles. The minimum atomic E-state index is -0.965. The van der Waals surface area contributed by atoms with Crippen LogP contribution in [0.25, 0.3) is 0 Å². The van der Waals surface area contributed by atoms with Gasteiger partial charge >= 0.3 is 5.97 Å². The topological polar surface area (TPSA) is 78.4 Å². The van der Waals surface area contributed by atoms with Crippen molar-refractivity contribution >= 4 is 11.9 Å². The van der Waals surface area contributed by atoms with Crippen LogP contribution in [0.4, 0.5) is 0 Å². The van der Waals surface area contributed by atoms with Crippen molar-refractivity contribution < 1.29 is 14.7 Å². The van der Waals surface area contributed by atoms with E-state index in [1.165, 1.54) is 6.08 Å². The van der Waals surface area contributed by atoms with Crippen LogP contribution in [0.15, 0.2) is 12.2 Å². The Balaban J connectivity index is 3.53. The summed E-state index contributed by atoms with van der Waals surface area (Å²) in [5.41, 5.74) is -0.208. The molecule has 5 heteroatoms. The zero-order chi connectivity index (χ0) is 12.6. The molecule has 0 aliphatic heterocycles. The number of carbonyl (C=O) groups is 2. The molecule has 0 aromatic rings. The summed E-state index contributed by atoms with van der Waals surface area (Å²) in [6.45, 7) is 6.76. The number of amides is 1. The third kappa shape index (κ3) is 10.7. The van der Waals surface area contributed by atoms with Crippen LogP contribution in [0.5, 0.6) is 0 Å². The monoisotopic (exact) mass is 228 g/mol. The molecular formula is C11H20N2O3. The Morgan fingerprint density at radius 1 is 1.31 bits per heavy atom. The lowest BCUT2D eigenvalue weighted by Crippen LogP contribution is -2.41. The van der Waals surface area contributed by atoms with Gasteiger partial charge in [-0.1, -0.05) is 6.08 Å². The Hall–Kier alpha value is -1.36. The van der Waals surface area contributed by atoms with Crippen molar-refractivity contribution in [3.63, 3.8) is 0 Å². The van der Waals surface area contributed by atoms with Crippen LogP contribution in [0.3, 0.4) is 0 Å². The molecule has 0 atom stereocenters. The molecule has 0 unspecified atom stereocenters. The summed E-state index contributed by atoms with van der Waals surface area (Å²) in [5, 5.41) is 14.1. The number of carboxylic acid groups (broad SMARTS) is 1. The fourth-order valence-corrected chi connectivity index (χ4v) is 1.03. The Kier molecular flexibility index (Phi) is 6.41. The Morgan fingerprint density at radius 2 is 1.94 bits per heavy atom. The SMILES string of the molecule is CC(C)(C)NC(=O)CCNC/C=C/C(=O)O. The third-order valence-corrected chi connectivity index (χ3v) is 1.57. The highest BCUT2D eigenvalue weighted by molar-refractivity contribution is 5.79. The first-order valence-corrected chi connectivity index (χ1v) is 5.22. The average Bonchev–Trinajstić information content (AvgIpc) is 2.07. The van der Waals surface area contributed by atoms with E-state index in [1.54, 1.807) is 0 Å². The highest BCUT2D eigenvalue weighted by atomic mass is 16.4. The second-order valence-corrected chi connectivity index (χ2v) is 4.49. The van der Waals surface area contributed by atoms with Gasteiger partial charge in [-0.05, 0) is 20.8 Å². The standard InChI is InChI=1S/C11H20N2O3/c1-11(2,3)13-9(14)6-8-12-7-4-5-10(15)16/h4-5,12H,6-8H2,1-3H3,(H,13,14)(H,15,16)/b5-4+. The van der Waals surface area contributed by atoms with E-state index in [4.69, 9.17) is 5.11 Å². The van der Waals surface area contributed by atoms with Gasteiger partial charge in [-0.3, -0.25) is 4.79 Å². The summed E-state index contributed by atoms with van der Waals surface area (Å²) >= 11 is 0. The van der Waals surface area contributed by atoms with Gasteiger partial charge in [0.1, 0.15) is 0 Å². The molecule has 0 radical (unpaired) electrons. The van der Waals surface area contributed by atoms with Gasteiger partial charge in [0, 0.05) is 31.1 Å². The third-order valence-electron chi connectivity index (χ3n) is 1.57. The predicted octanol–water partition coefficient (Wildman–Crippen LogP) is 0.522. The molecule has 0 spiro atoms. The van der Waals surface area contributed by atoms with Crippen LogP contribution >= 0.6 is 0 Å². The van der Waals surface area contributed by atoms with E-state index in [9.17, 15) is 9.59 Å². The smallest absolute Gasteiger partial charge is 0.328 e. The molecule has 0 saturated carbocycles. The minimum absolute atomic E-state index is 0.0118.